The van der Waals surface area contributed by atoms with Gasteiger partial charge in [0.1, 0.15) is 16.6 Å². The van der Waals surface area contributed by atoms with Crippen LogP contribution in [0.4, 0.5) is 16.4 Å². The molecule has 3 aromatic heterocycles. The number of carbonyl (C=O) groups excluding carboxylic acids is 1. The van der Waals surface area contributed by atoms with Gasteiger partial charge in [0.25, 0.3) is 0 Å². The van der Waals surface area contributed by atoms with E-state index in [4.69, 9.17) is 0 Å². The van der Waals surface area contributed by atoms with E-state index in [2.05, 4.69) is 37.4 Å². The van der Waals surface area contributed by atoms with Gasteiger partial charge < -0.3 is 0 Å². The number of thiazole rings is 1. The van der Waals surface area contributed by atoms with E-state index in [0.717, 1.165) is 29.4 Å². The van der Waals surface area contributed by atoms with Crippen LogP contribution in [0.1, 0.15) is 31.9 Å². The molecule has 0 aliphatic carbocycles. The van der Waals surface area contributed by atoms with Crippen molar-refractivity contribution in [3.8, 4) is 10.6 Å². The molecule has 1 atom stereocenters. The number of hydrogen-bond acceptors (Lipinski definition) is 6. The largest absolute Gasteiger partial charge is 0.326 e. The van der Waals surface area contributed by atoms with Crippen LogP contribution in [0.2, 0.25) is 0 Å². The monoisotopic (exact) mass is 444 g/mol. The van der Waals surface area contributed by atoms with Crippen LogP contribution in [0.5, 0.6) is 0 Å². The van der Waals surface area contributed by atoms with E-state index in [1.807, 2.05) is 29.6 Å². The van der Waals surface area contributed by atoms with E-state index in [1.165, 1.54) is 30.6 Å². The number of amides is 2. The molecule has 0 spiro atoms. The van der Waals surface area contributed by atoms with Gasteiger partial charge in [-0.05, 0) is 50.6 Å². The Labute approximate surface area is 186 Å². The van der Waals surface area contributed by atoms with Gasteiger partial charge in [0.15, 0.2) is 0 Å². The molecule has 2 N–H and O–H groups in total. The molecule has 1 saturated heterocycles. The molecule has 30 heavy (non-hydrogen) atoms. The first-order chi connectivity index (χ1) is 14.2. The summed E-state index contributed by atoms with van der Waals surface area (Å²) in [6.07, 6.45) is 7.21. The highest BCUT2D eigenvalue weighted by atomic mass is 35.5. The zero-order valence-corrected chi connectivity index (χ0v) is 18.4. The summed E-state index contributed by atoms with van der Waals surface area (Å²) in [5, 5.41) is 8.22. The Kier molecular flexibility index (Phi) is 7.73. The van der Waals surface area contributed by atoms with Gasteiger partial charge in [-0.15, -0.1) is 23.7 Å². The lowest BCUT2D eigenvalue weighted by molar-refractivity contribution is 0.151. The fourth-order valence-electron chi connectivity index (χ4n) is 3.46. The van der Waals surface area contributed by atoms with Crippen molar-refractivity contribution in [2.45, 2.75) is 38.8 Å². The topological polar surface area (TPSA) is 83.0 Å². The fraction of sp³-hybridized carbons (Fsp3) is 0.333. The Hall–Kier alpha value is -2.55. The van der Waals surface area contributed by atoms with Crippen LogP contribution < -0.4 is 10.6 Å². The molecular weight excluding hydrogens is 420 g/mol. The lowest BCUT2D eigenvalue weighted by atomic mass is 10.0. The maximum Gasteiger partial charge on any atom is 0.326 e. The Morgan fingerprint density at radius 2 is 1.93 bits per heavy atom. The first-order valence-electron chi connectivity index (χ1n) is 9.81. The van der Waals surface area contributed by atoms with Crippen molar-refractivity contribution in [3.63, 3.8) is 0 Å². The van der Waals surface area contributed by atoms with E-state index in [9.17, 15) is 4.79 Å². The minimum atomic E-state index is -0.354. The highest BCUT2D eigenvalue weighted by Crippen LogP contribution is 2.25. The quantitative estimate of drug-likeness (QED) is 0.576. The van der Waals surface area contributed by atoms with Gasteiger partial charge in [-0.2, -0.15) is 0 Å². The first-order valence-corrected chi connectivity index (χ1v) is 10.7. The Morgan fingerprint density at radius 3 is 2.73 bits per heavy atom. The number of carbonyl (C=O) groups is 1. The van der Waals surface area contributed by atoms with Crippen LogP contribution in [0.15, 0.2) is 48.1 Å². The molecule has 1 unspecified atom stereocenters. The average Bonchev–Trinajstić information content (AvgIpc) is 3.19. The third kappa shape index (κ3) is 5.75. The van der Waals surface area contributed by atoms with Gasteiger partial charge in [0.05, 0.1) is 5.69 Å². The van der Waals surface area contributed by atoms with Crippen molar-refractivity contribution in [1.82, 2.24) is 19.9 Å². The summed E-state index contributed by atoms with van der Waals surface area (Å²) in [6.45, 7) is 4.17. The number of urea groups is 1. The molecule has 7 nitrogen and oxygen atoms in total. The number of anilines is 2. The van der Waals surface area contributed by atoms with E-state index in [-0.39, 0.29) is 18.4 Å². The van der Waals surface area contributed by atoms with Crippen LogP contribution in [0.25, 0.3) is 10.6 Å². The lowest BCUT2D eigenvalue weighted by Gasteiger charge is -2.33. The van der Waals surface area contributed by atoms with Gasteiger partial charge >= 0.3 is 6.03 Å². The Bertz CT molecular complexity index is 967. The van der Waals surface area contributed by atoms with Crippen LogP contribution in [-0.2, 0) is 6.54 Å². The number of hydrogen-bond donors (Lipinski definition) is 2. The van der Waals surface area contributed by atoms with Gasteiger partial charge in [-0.1, -0.05) is 12.5 Å². The number of piperidine rings is 1. The average molecular weight is 445 g/mol. The SMILES string of the molecule is CC1CCCCN1Cc1cccc(NC(=O)Nc2csc(-c3ccncc3)n2)n1.Cl. The summed E-state index contributed by atoms with van der Waals surface area (Å²) in [6, 6.07) is 9.73. The summed E-state index contributed by atoms with van der Waals surface area (Å²) >= 11 is 1.47. The third-order valence-corrected chi connectivity index (χ3v) is 5.92. The van der Waals surface area contributed by atoms with Crippen molar-refractivity contribution in [2.75, 3.05) is 17.2 Å². The lowest BCUT2D eigenvalue weighted by Crippen LogP contribution is -2.37. The number of halogens is 1. The van der Waals surface area contributed by atoms with Gasteiger partial charge in [-0.25, -0.2) is 14.8 Å². The van der Waals surface area contributed by atoms with Crippen LogP contribution >= 0.6 is 23.7 Å². The minimum Gasteiger partial charge on any atom is -0.295 e. The number of aromatic nitrogens is 3. The van der Waals surface area contributed by atoms with Gasteiger partial charge in [0, 0.05) is 35.9 Å². The smallest absolute Gasteiger partial charge is 0.295 e. The molecule has 9 heteroatoms. The van der Waals surface area contributed by atoms with Crippen molar-refractivity contribution in [2.24, 2.45) is 0 Å². The molecule has 0 aromatic carbocycles. The van der Waals surface area contributed by atoms with E-state index >= 15 is 0 Å². The highest BCUT2D eigenvalue weighted by molar-refractivity contribution is 7.13. The van der Waals surface area contributed by atoms with Gasteiger partial charge in [0.2, 0.25) is 0 Å². The molecule has 0 radical (unpaired) electrons. The summed E-state index contributed by atoms with van der Waals surface area (Å²) in [5.41, 5.74) is 1.94. The normalized spacial score (nSPS) is 16.5. The summed E-state index contributed by atoms with van der Waals surface area (Å²) in [4.78, 5) is 27.9. The number of pyridine rings is 2. The van der Waals surface area contributed by atoms with E-state index in [0.29, 0.717) is 17.7 Å². The molecule has 3 aromatic rings. The predicted molar refractivity (Wildman–Crippen MR) is 123 cm³/mol. The van der Waals surface area contributed by atoms with E-state index < -0.39 is 0 Å². The predicted octanol–water partition coefficient (Wildman–Crippen LogP) is 5.04. The van der Waals surface area contributed by atoms with E-state index in [1.54, 1.807) is 18.5 Å². The maximum absolute atomic E-state index is 12.4. The fourth-order valence-corrected chi connectivity index (χ4v) is 4.22. The number of nitrogens with zero attached hydrogens (tertiary/aromatic N) is 4. The second-order valence-electron chi connectivity index (χ2n) is 7.18. The summed E-state index contributed by atoms with van der Waals surface area (Å²) < 4.78 is 0. The van der Waals surface area contributed by atoms with Crippen molar-refractivity contribution in [1.29, 1.82) is 0 Å². The molecular formula is C21H25ClN6OS. The molecule has 1 aliphatic heterocycles. The minimum absolute atomic E-state index is 0. The Morgan fingerprint density at radius 1 is 1.13 bits per heavy atom. The maximum atomic E-state index is 12.4. The number of nitrogens with one attached hydrogen (secondary N) is 2. The molecule has 158 valence electrons. The third-order valence-electron chi connectivity index (χ3n) is 5.03. The van der Waals surface area contributed by atoms with Crippen LogP contribution in [0.3, 0.4) is 0 Å². The first kappa shape index (κ1) is 22.1. The van der Waals surface area contributed by atoms with Crippen molar-refractivity contribution >= 4 is 41.4 Å². The molecule has 4 heterocycles. The van der Waals surface area contributed by atoms with Crippen LogP contribution in [0, 0.1) is 0 Å². The molecule has 1 aliphatic rings. The Balaban J connectivity index is 0.00000256. The van der Waals surface area contributed by atoms with Gasteiger partial charge in [-0.3, -0.25) is 20.5 Å². The number of likely N-dealkylation sites (tertiary alicyclic amines) is 1. The molecule has 1 fully saturated rings. The second-order valence-corrected chi connectivity index (χ2v) is 8.04. The summed E-state index contributed by atoms with van der Waals surface area (Å²) in [7, 11) is 0. The highest BCUT2D eigenvalue weighted by Gasteiger charge is 2.18. The summed E-state index contributed by atoms with van der Waals surface area (Å²) in [5.74, 6) is 1.05. The zero-order valence-electron chi connectivity index (χ0n) is 16.7. The van der Waals surface area contributed by atoms with Crippen LogP contribution in [-0.4, -0.2) is 38.5 Å². The molecule has 0 saturated carbocycles. The van der Waals surface area contributed by atoms with Crippen molar-refractivity contribution < 1.29 is 4.79 Å². The zero-order chi connectivity index (χ0) is 20.1. The molecule has 2 amide bonds. The van der Waals surface area contributed by atoms with Crippen molar-refractivity contribution in [3.05, 3.63) is 53.8 Å². The second kappa shape index (κ2) is 10.5. The molecule has 0 bridgehead atoms. The number of rotatable bonds is 5. The standard InChI is InChI=1S/C21H24N6OS.ClH/c1-15-5-2-3-12-27(15)13-17-6-4-7-18(23-17)25-21(28)26-19-14-29-20(24-19)16-8-10-22-11-9-16;/h4,6-11,14-15H,2-3,5,12-13H2,1H3,(H2,23,25,26,28);1H. The molecule has 4 rings (SSSR count).